The van der Waals surface area contributed by atoms with Crippen molar-refractivity contribution in [2.45, 2.75) is 19.4 Å². The van der Waals surface area contributed by atoms with Gasteiger partial charge in [-0.2, -0.15) is 0 Å². The average Bonchev–Trinajstić information content (AvgIpc) is 2.88. The summed E-state index contributed by atoms with van der Waals surface area (Å²) in [6, 6.07) is 0. The third-order valence-electron chi connectivity index (χ3n) is 4.65. The molecule has 1 amide bonds. The fourth-order valence-electron chi connectivity index (χ4n) is 3.15. The topological polar surface area (TPSA) is 50.6 Å². The van der Waals surface area contributed by atoms with Gasteiger partial charge in [0.15, 0.2) is 0 Å². The smallest absolute Gasteiger partial charge is 0.225 e. The van der Waals surface area contributed by atoms with E-state index < -0.39 is 0 Å². The Hall–Kier alpha value is -1.11. The summed E-state index contributed by atoms with van der Waals surface area (Å²) in [5, 5.41) is 0.660. The van der Waals surface area contributed by atoms with Crippen LogP contribution in [0.2, 0.25) is 5.15 Å². The molecule has 1 aromatic heterocycles. The van der Waals surface area contributed by atoms with Crippen LogP contribution in [0, 0.1) is 5.92 Å². The molecule has 3 rings (SSSR count). The first-order valence-corrected chi connectivity index (χ1v) is 8.28. The molecule has 2 saturated heterocycles. The number of ether oxygens (including phenoxy) is 1. The van der Waals surface area contributed by atoms with Crippen molar-refractivity contribution in [3.8, 4) is 0 Å². The molecule has 1 aromatic rings. The zero-order valence-electron chi connectivity index (χ0n) is 13.0. The van der Waals surface area contributed by atoms with E-state index in [0.29, 0.717) is 24.3 Å². The summed E-state index contributed by atoms with van der Waals surface area (Å²) in [6.45, 7) is 5.49. The van der Waals surface area contributed by atoms with Gasteiger partial charge in [-0.3, -0.25) is 9.69 Å². The van der Waals surface area contributed by atoms with E-state index >= 15 is 0 Å². The van der Waals surface area contributed by atoms with E-state index in [2.05, 4.69) is 9.88 Å². The largest absolute Gasteiger partial charge is 0.378 e. The fraction of sp³-hybridized carbons (Fsp3) is 0.733. The molecule has 0 aliphatic carbocycles. The summed E-state index contributed by atoms with van der Waals surface area (Å²) in [5.74, 6) is 1.45. The van der Waals surface area contributed by atoms with Crippen LogP contribution in [0.5, 0.6) is 0 Å². The van der Waals surface area contributed by atoms with Gasteiger partial charge >= 0.3 is 0 Å². The Kier molecular flexibility index (Phi) is 5.00. The number of rotatable bonds is 3. The van der Waals surface area contributed by atoms with Gasteiger partial charge in [-0.25, -0.2) is 4.98 Å². The number of carbonyl (C=O) groups excluding carboxylic acids is 1. The van der Waals surface area contributed by atoms with E-state index in [4.69, 9.17) is 16.3 Å². The van der Waals surface area contributed by atoms with Crippen molar-refractivity contribution in [1.29, 1.82) is 0 Å². The maximum atomic E-state index is 12.5. The molecule has 0 spiro atoms. The lowest BCUT2D eigenvalue weighted by Crippen LogP contribution is -2.46. The maximum absolute atomic E-state index is 12.5. The molecule has 6 nitrogen and oxygen atoms in total. The number of piperidine rings is 1. The Bertz CT molecular complexity index is 520. The number of morpholine rings is 1. The number of aromatic nitrogens is 2. The van der Waals surface area contributed by atoms with Crippen LogP contribution in [0.4, 0.5) is 0 Å². The van der Waals surface area contributed by atoms with Crippen LogP contribution in [0.3, 0.4) is 0 Å². The quantitative estimate of drug-likeness (QED) is 0.836. The first-order valence-electron chi connectivity index (χ1n) is 7.90. The molecule has 0 saturated carbocycles. The molecule has 3 heterocycles. The Balaban J connectivity index is 1.49. The maximum Gasteiger partial charge on any atom is 0.225 e. The van der Waals surface area contributed by atoms with Crippen molar-refractivity contribution < 1.29 is 9.53 Å². The molecule has 7 heteroatoms. The molecule has 122 valence electrons. The number of amides is 1. The molecule has 0 unspecified atom stereocenters. The third kappa shape index (κ3) is 3.45. The van der Waals surface area contributed by atoms with Gasteiger partial charge in [-0.15, -0.1) is 0 Å². The zero-order chi connectivity index (χ0) is 15.5. The van der Waals surface area contributed by atoms with Gasteiger partial charge in [0.2, 0.25) is 5.91 Å². The summed E-state index contributed by atoms with van der Waals surface area (Å²) in [4.78, 5) is 21.1. The van der Waals surface area contributed by atoms with Crippen LogP contribution >= 0.6 is 11.6 Å². The summed E-state index contributed by atoms with van der Waals surface area (Å²) in [6.07, 6.45) is 3.54. The number of hydrogen-bond donors (Lipinski definition) is 0. The van der Waals surface area contributed by atoms with E-state index in [1.165, 1.54) is 0 Å². The van der Waals surface area contributed by atoms with Gasteiger partial charge in [0.1, 0.15) is 11.0 Å². The standard InChI is InChI=1S/C15H23ClN4O2/c1-18-13(16)10-17-14(18)11-19-4-2-12(3-5-19)15(21)20-6-8-22-9-7-20/h10,12H,2-9,11H2,1H3. The van der Waals surface area contributed by atoms with E-state index in [1.807, 2.05) is 16.5 Å². The van der Waals surface area contributed by atoms with Gasteiger partial charge in [0.05, 0.1) is 26.0 Å². The van der Waals surface area contributed by atoms with Crippen LogP contribution < -0.4 is 0 Å². The van der Waals surface area contributed by atoms with Crippen molar-refractivity contribution in [2.24, 2.45) is 13.0 Å². The monoisotopic (exact) mass is 326 g/mol. The Morgan fingerprint density at radius 3 is 2.59 bits per heavy atom. The van der Waals surface area contributed by atoms with Crippen molar-refractivity contribution in [2.75, 3.05) is 39.4 Å². The fourth-order valence-corrected chi connectivity index (χ4v) is 3.30. The van der Waals surface area contributed by atoms with Crippen molar-refractivity contribution in [1.82, 2.24) is 19.4 Å². The lowest BCUT2D eigenvalue weighted by molar-refractivity contribution is -0.141. The van der Waals surface area contributed by atoms with Crippen molar-refractivity contribution in [3.63, 3.8) is 0 Å². The van der Waals surface area contributed by atoms with Crippen molar-refractivity contribution >= 4 is 17.5 Å². The molecule has 22 heavy (non-hydrogen) atoms. The predicted octanol–water partition coefficient (Wildman–Crippen LogP) is 1.14. The Morgan fingerprint density at radius 2 is 2.00 bits per heavy atom. The minimum atomic E-state index is 0.166. The number of hydrogen-bond acceptors (Lipinski definition) is 4. The molecule has 0 N–H and O–H groups in total. The third-order valence-corrected chi connectivity index (χ3v) is 5.00. The van der Waals surface area contributed by atoms with Crippen LogP contribution in [0.15, 0.2) is 6.20 Å². The molecule has 0 atom stereocenters. The highest BCUT2D eigenvalue weighted by atomic mass is 35.5. The van der Waals surface area contributed by atoms with E-state index in [1.54, 1.807) is 6.20 Å². The molecule has 2 aliphatic rings. The van der Waals surface area contributed by atoms with Gasteiger partial charge in [0, 0.05) is 26.1 Å². The minimum absolute atomic E-state index is 0.166. The highest BCUT2D eigenvalue weighted by molar-refractivity contribution is 6.29. The van der Waals surface area contributed by atoms with Gasteiger partial charge < -0.3 is 14.2 Å². The number of carbonyl (C=O) groups is 1. The predicted molar refractivity (Wildman–Crippen MR) is 83.6 cm³/mol. The Labute approximate surface area is 136 Å². The highest BCUT2D eigenvalue weighted by Gasteiger charge is 2.29. The molecular weight excluding hydrogens is 304 g/mol. The second kappa shape index (κ2) is 6.98. The zero-order valence-corrected chi connectivity index (χ0v) is 13.8. The van der Waals surface area contributed by atoms with Crippen LogP contribution in [0.1, 0.15) is 18.7 Å². The van der Waals surface area contributed by atoms with E-state index in [0.717, 1.165) is 51.4 Å². The molecule has 0 aromatic carbocycles. The highest BCUT2D eigenvalue weighted by Crippen LogP contribution is 2.22. The normalized spacial score (nSPS) is 21.3. The first-order chi connectivity index (χ1) is 10.6. The summed E-state index contributed by atoms with van der Waals surface area (Å²) < 4.78 is 7.22. The molecule has 2 aliphatic heterocycles. The summed E-state index contributed by atoms with van der Waals surface area (Å²) in [5.41, 5.74) is 0. The second-order valence-corrected chi connectivity index (χ2v) is 6.43. The van der Waals surface area contributed by atoms with Gasteiger partial charge in [0.25, 0.3) is 0 Å². The number of likely N-dealkylation sites (tertiary alicyclic amines) is 1. The molecule has 0 radical (unpaired) electrons. The summed E-state index contributed by atoms with van der Waals surface area (Å²) in [7, 11) is 1.93. The van der Waals surface area contributed by atoms with Gasteiger partial charge in [-0.05, 0) is 25.9 Å². The van der Waals surface area contributed by atoms with E-state index in [-0.39, 0.29) is 5.92 Å². The van der Waals surface area contributed by atoms with Crippen LogP contribution in [-0.4, -0.2) is 64.7 Å². The lowest BCUT2D eigenvalue weighted by atomic mass is 9.95. The van der Waals surface area contributed by atoms with Crippen molar-refractivity contribution in [3.05, 3.63) is 17.2 Å². The number of nitrogens with zero attached hydrogens (tertiary/aromatic N) is 4. The number of imidazole rings is 1. The van der Waals surface area contributed by atoms with Crippen LogP contribution in [-0.2, 0) is 23.1 Å². The second-order valence-electron chi connectivity index (χ2n) is 6.04. The average molecular weight is 327 g/mol. The lowest BCUT2D eigenvalue weighted by Gasteiger charge is -2.35. The van der Waals surface area contributed by atoms with Gasteiger partial charge in [-0.1, -0.05) is 11.6 Å². The molecular formula is C15H23ClN4O2. The summed E-state index contributed by atoms with van der Waals surface area (Å²) >= 11 is 6.02. The minimum Gasteiger partial charge on any atom is -0.378 e. The molecule has 0 bridgehead atoms. The Morgan fingerprint density at radius 1 is 1.32 bits per heavy atom. The van der Waals surface area contributed by atoms with Crippen LogP contribution in [0.25, 0.3) is 0 Å². The first kappa shape index (κ1) is 15.8. The SMILES string of the molecule is Cn1c(Cl)cnc1CN1CCC(C(=O)N2CCOCC2)CC1. The van der Waals surface area contributed by atoms with E-state index in [9.17, 15) is 4.79 Å². The molecule has 2 fully saturated rings. The number of halogens is 1.